The zero-order valence-corrected chi connectivity index (χ0v) is 17.6. The van der Waals surface area contributed by atoms with Crippen LogP contribution in [0.2, 0.25) is 5.02 Å². The van der Waals surface area contributed by atoms with E-state index in [1.54, 1.807) is 0 Å². The number of hydrogen-bond acceptors (Lipinski definition) is 3. The number of piperazine rings is 1. The second-order valence-electron chi connectivity index (χ2n) is 7.81. The van der Waals surface area contributed by atoms with Crippen molar-refractivity contribution in [3.05, 3.63) is 41.4 Å². The summed E-state index contributed by atoms with van der Waals surface area (Å²) >= 11 is 7.88. The third-order valence-electron chi connectivity index (χ3n) is 4.73. The molecule has 2 aromatic carbocycles. The molecule has 4 nitrogen and oxygen atoms in total. The van der Waals surface area contributed by atoms with E-state index in [4.69, 9.17) is 11.6 Å². The Kier molecular flexibility index (Phi) is 6.02. The van der Waals surface area contributed by atoms with E-state index in [-0.39, 0.29) is 17.2 Å². The van der Waals surface area contributed by atoms with Gasteiger partial charge in [-0.2, -0.15) is 0 Å². The van der Waals surface area contributed by atoms with E-state index >= 15 is 0 Å². The predicted octanol–water partition coefficient (Wildman–Crippen LogP) is 4.30. The van der Waals surface area contributed by atoms with Gasteiger partial charge in [-0.1, -0.05) is 56.6 Å². The highest BCUT2D eigenvalue weighted by Gasteiger charge is 2.30. The zero-order valence-electron chi connectivity index (χ0n) is 16.0. The summed E-state index contributed by atoms with van der Waals surface area (Å²) in [7, 11) is 0. The fourth-order valence-corrected chi connectivity index (χ4v) is 4.59. The molecule has 2 aromatic rings. The number of halogens is 1. The lowest BCUT2D eigenvalue weighted by atomic mass is 9.94. The van der Waals surface area contributed by atoms with E-state index < -0.39 is 0 Å². The number of hydrogen-bond donors (Lipinski definition) is 0. The number of benzene rings is 2. The summed E-state index contributed by atoms with van der Waals surface area (Å²) in [5, 5.41) is 2.78. The molecule has 6 heteroatoms. The first kappa shape index (κ1) is 20.0. The van der Waals surface area contributed by atoms with Gasteiger partial charge in [0.05, 0.1) is 5.75 Å². The third-order valence-corrected chi connectivity index (χ3v) is 6.09. The number of carbonyl (C=O) groups is 2. The maximum atomic E-state index is 12.6. The molecule has 1 aliphatic rings. The molecule has 144 valence electrons. The van der Waals surface area contributed by atoms with Gasteiger partial charge in [-0.15, -0.1) is 11.8 Å². The molecular formula is C21H25ClN2O2S. The molecule has 3 rings (SSSR count). The predicted molar refractivity (Wildman–Crippen MR) is 112 cm³/mol. The molecular weight excluding hydrogens is 380 g/mol. The minimum atomic E-state index is -0.379. The second-order valence-corrected chi connectivity index (χ2v) is 9.23. The molecule has 0 bridgehead atoms. The quantitative estimate of drug-likeness (QED) is 0.716. The highest BCUT2D eigenvalue weighted by Crippen LogP contribution is 2.33. The minimum absolute atomic E-state index is 0.104. The van der Waals surface area contributed by atoms with E-state index in [2.05, 4.69) is 0 Å². The fraction of sp³-hybridized carbons (Fsp3) is 0.429. The van der Waals surface area contributed by atoms with E-state index in [1.165, 1.54) is 11.8 Å². The van der Waals surface area contributed by atoms with Crippen molar-refractivity contribution in [1.29, 1.82) is 0 Å². The van der Waals surface area contributed by atoms with Gasteiger partial charge in [0.1, 0.15) is 0 Å². The average Bonchev–Trinajstić information content (AvgIpc) is 2.65. The molecule has 0 aromatic heterocycles. The SMILES string of the molecule is CC(C)(C)C(=O)N1CCN(C(=O)CSc2cccc3cccc(Cl)c23)CC1. The van der Waals surface area contributed by atoms with Crippen molar-refractivity contribution >= 4 is 45.9 Å². The van der Waals surface area contributed by atoms with Crippen LogP contribution in [-0.2, 0) is 9.59 Å². The largest absolute Gasteiger partial charge is 0.339 e. The van der Waals surface area contributed by atoms with Crippen LogP contribution in [0.15, 0.2) is 41.3 Å². The molecule has 0 saturated carbocycles. The Hall–Kier alpha value is -1.72. The lowest BCUT2D eigenvalue weighted by Gasteiger charge is -2.37. The topological polar surface area (TPSA) is 40.6 Å². The van der Waals surface area contributed by atoms with E-state index in [0.717, 1.165) is 15.7 Å². The Balaban J connectivity index is 1.59. The average molecular weight is 405 g/mol. The summed E-state index contributed by atoms with van der Waals surface area (Å²) in [5.41, 5.74) is -0.379. The number of fused-ring (bicyclic) bond motifs is 1. The second kappa shape index (κ2) is 8.11. The van der Waals surface area contributed by atoms with Crippen LogP contribution in [0.1, 0.15) is 20.8 Å². The van der Waals surface area contributed by atoms with Crippen molar-refractivity contribution in [3.63, 3.8) is 0 Å². The van der Waals surface area contributed by atoms with Crippen molar-refractivity contribution in [2.75, 3.05) is 31.9 Å². The molecule has 0 aliphatic carbocycles. The molecule has 0 spiro atoms. The van der Waals surface area contributed by atoms with Crippen molar-refractivity contribution < 1.29 is 9.59 Å². The number of thioether (sulfide) groups is 1. The van der Waals surface area contributed by atoms with Gasteiger partial charge in [-0.25, -0.2) is 0 Å². The monoisotopic (exact) mass is 404 g/mol. The highest BCUT2D eigenvalue weighted by atomic mass is 35.5. The maximum absolute atomic E-state index is 12.6. The van der Waals surface area contributed by atoms with Crippen molar-refractivity contribution in [1.82, 2.24) is 9.80 Å². The van der Waals surface area contributed by atoms with Gasteiger partial charge in [-0.3, -0.25) is 9.59 Å². The molecule has 2 amide bonds. The van der Waals surface area contributed by atoms with Crippen molar-refractivity contribution in [2.45, 2.75) is 25.7 Å². The molecule has 1 heterocycles. The Morgan fingerprint density at radius 1 is 1.00 bits per heavy atom. The Bertz CT molecular complexity index is 850. The van der Waals surface area contributed by atoms with Crippen molar-refractivity contribution in [3.8, 4) is 0 Å². The van der Waals surface area contributed by atoms with E-state index in [0.29, 0.717) is 37.0 Å². The van der Waals surface area contributed by atoms with Crippen LogP contribution in [0.4, 0.5) is 0 Å². The van der Waals surface area contributed by atoms with Crippen LogP contribution in [0, 0.1) is 5.41 Å². The molecule has 0 N–H and O–H groups in total. The Morgan fingerprint density at radius 2 is 1.59 bits per heavy atom. The summed E-state index contributed by atoms with van der Waals surface area (Å²) in [6.07, 6.45) is 0. The minimum Gasteiger partial charge on any atom is -0.339 e. The van der Waals surface area contributed by atoms with E-state index in [9.17, 15) is 9.59 Å². The molecule has 1 fully saturated rings. The van der Waals surface area contributed by atoms with Gasteiger partial charge in [-0.05, 0) is 17.5 Å². The summed E-state index contributed by atoms with van der Waals surface area (Å²) in [5.74, 6) is 0.624. The lowest BCUT2D eigenvalue weighted by Crippen LogP contribution is -2.53. The van der Waals surface area contributed by atoms with Crippen LogP contribution in [0.5, 0.6) is 0 Å². The van der Waals surface area contributed by atoms with Crippen LogP contribution >= 0.6 is 23.4 Å². The highest BCUT2D eigenvalue weighted by molar-refractivity contribution is 8.00. The molecule has 1 saturated heterocycles. The Morgan fingerprint density at radius 3 is 2.22 bits per heavy atom. The lowest BCUT2D eigenvalue weighted by molar-refractivity contribution is -0.144. The summed E-state index contributed by atoms with van der Waals surface area (Å²) < 4.78 is 0. The first-order valence-electron chi connectivity index (χ1n) is 9.14. The molecule has 0 radical (unpaired) electrons. The molecule has 0 unspecified atom stereocenters. The van der Waals surface area contributed by atoms with Gasteiger partial charge in [0.2, 0.25) is 11.8 Å². The third kappa shape index (κ3) is 4.58. The molecule has 0 atom stereocenters. The van der Waals surface area contributed by atoms with Gasteiger partial charge >= 0.3 is 0 Å². The summed E-state index contributed by atoms with van der Waals surface area (Å²) in [6, 6.07) is 11.9. The smallest absolute Gasteiger partial charge is 0.233 e. The first-order valence-corrected chi connectivity index (χ1v) is 10.5. The van der Waals surface area contributed by atoms with Gasteiger partial charge in [0, 0.05) is 46.9 Å². The zero-order chi connectivity index (χ0) is 19.6. The van der Waals surface area contributed by atoms with Gasteiger partial charge in [0.15, 0.2) is 0 Å². The number of amides is 2. The summed E-state index contributed by atoms with van der Waals surface area (Å²) in [4.78, 5) is 29.7. The number of rotatable bonds is 3. The summed E-state index contributed by atoms with van der Waals surface area (Å²) in [6.45, 7) is 8.19. The van der Waals surface area contributed by atoms with Crippen LogP contribution in [0.3, 0.4) is 0 Å². The first-order chi connectivity index (χ1) is 12.8. The van der Waals surface area contributed by atoms with Gasteiger partial charge in [0.25, 0.3) is 0 Å². The van der Waals surface area contributed by atoms with Crippen LogP contribution in [-0.4, -0.2) is 53.5 Å². The van der Waals surface area contributed by atoms with Crippen LogP contribution in [0.25, 0.3) is 10.8 Å². The van der Waals surface area contributed by atoms with Crippen molar-refractivity contribution in [2.24, 2.45) is 5.41 Å². The Labute approximate surface area is 169 Å². The standard InChI is InChI=1S/C21H25ClN2O2S/c1-21(2,3)20(26)24-12-10-23(11-13-24)18(25)14-27-17-9-5-7-15-6-4-8-16(22)19(15)17/h4-9H,10-14H2,1-3H3. The van der Waals surface area contributed by atoms with Gasteiger partial charge < -0.3 is 9.80 Å². The van der Waals surface area contributed by atoms with E-state index in [1.807, 2.05) is 67.0 Å². The fourth-order valence-electron chi connectivity index (χ4n) is 3.25. The number of carbonyl (C=O) groups excluding carboxylic acids is 2. The molecule has 1 aliphatic heterocycles. The van der Waals surface area contributed by atoms with Crippen LogP contribution < -0.4 is 0 Å². The molecule has 27 heavy (non-hydrogen) atoms. The number of nitrogens with zero attached hydrogens (tertiary/aromatic N) is 2. The normalized spacial score (nSPS) is 15.3. The maximum Gasteiger partial charge on any atom is 0.233 e.